The lowest BCUT2D eigenvalue weighted by Gasteiger charge is -2.05. The van der Waals surface area contributed by atoms with Crippen LogP contribution in [0.5, 0.6) is 0 Å². The van der Waals surface area contributed by atoms with Crippen LogP contribution in [0.4, 0.5) is 0 Å². The lowest BCUT2D eigenvalue weighted by Crippen LogP contribution is -2.21. The molecule has 1 N–H and O–H groups in total. The van der Waals surface area contributed by atoms with Crippen molar-refractivity contribution in [3.8, 4) is 0 Å². The Morgan fingerprint density at radius 3 is 2.67 bits per heavy atom. The van der Waals surface area contributed by atoms with Gasteiger partial charge in [-0.25, -0.2) is 0 Å². The molecule has 0 bridgehead atoms. The maximum atomic E-state index is 4.39. The van der Waals surface area contributed by atoms with Crippen molar-refractivity contribution in [2.75, 3.05) is 0 Å². The molecule has 0 amide bonds. The molecule has 0 saturated heterocycles. The molecule has 0 saturated carbocycles. The number of nitrogens with one attached hydrogen (secondary N) is 1. The van der Waals surface area contributed by atoms with Gasteiger partial charge in [0.1, 0.15) is 0 Å². The van der Waals surface area contributed by atoms with E-state index in [1.54, 1.807) is 0 Å². The van der Waals surface area contributed by atoms with Crippen LogP contribution in [-0.2, 0) is 19.5 Å². The minimum Gasteiger partial charge on any atom is -0.310 e. The largest absolute Gasteiger partial charge is 0.310 e. The molecule has 96 valence electrons. The lowest BCUT2D eigenvalue weighted by molar-refractivity contribution is 0.585. The summed E-state index contributed by atoms with van der Waals surface area (Å²) >= 11 is 0. The van der Waals surface area contributed by atoms with Gasteiger partial charge in [-0.15, -0.1) is 0 Å². The topological polar surface area (TPSA) is 29.9 Å². The van der Waals surface area contributed by atoms with Crippen LogP contribution < -0.4 is 5.32 Å². The third-order valence-electron chi connectivity index (χ3n) is 2.87. The number of aryl methyl sites for hydroxylation is 2. The van der Waals surface area contributed by atoms with Gasteiger partial charge in [0.05, 0.1) is 6.20 Å². The van der Waals surface area contributed by atoms with Gasteiger partial charge in [0.25, 0.3) is 0 Å². The molecular formula is C15H21N3. The van der Waals surface area contributed by atoms with E-state index in [1.807, 2.05) is 16.9 Å². The molecular weight excluding hydrogens is 222 g/mol. The lowest BCUT2D eigenvalue weighted by atomic mass is 10.1. The molecule has 0 fully saturated rings. The normalized spacial score (nSPS) is 11.1. The summed E-state index contributed by atoms with van der Waals surface area (Å²) in [6.45, 7) is 6.13. The third kappa shape index (κ3) is 4.00. The molecule has 2 rings (SSSR count). The van der Waals surface area contributed by atoms with Crippen LogP contribution in [0.15, 0.2) is 42.7 Å². The maximum absolute atomic E-state index is 4.39. The van der Waals surface area contributed by atoms with E-state index in [4.69, 9.17) is 0 Å². The number of aromatic nitrogens is 2. The molecule has 0 unspecified atom stereocenters. The fourth-order valence-electron chi connectivity index (χ4n) is 1.83. The van der Waals surface area contributed by atoms with E-state index in [9.17, 15) is 0 Å². The minimum absolute atomic E-state index is 0.512. The first-order valence-corrected chi connectivity index (χ1v) is 6.52. The summed E-state index contributed by atoms with van der Waals surface area (Å²) in [6.07, 6.45) is 5.10. The molecule has 0 aliphatic rings. The number of hydrogen-bond donors (Lipinski definition) is 1. The van der Waals surface area contributed by atoms with E-state index in [-0.39, 0.29) is 0 Å². The average molecular weight is 243 g/mol. The molecule has 0 radical (unpaired) electrons. The van der Waals surface area contributed by atoms with Crippen molar-refractivity contribution in [2.45, 2.75) is 39.4 Å². The van der Waals surface area contributed by atoms with Gasteiger partial charge in [-0.1, -0.05) is 44.2 Å². The van der Waals surface area contributed by atoms with Gasteiger partial charge in [-0.2, -0.15) is 5.10 Å². The summed E-state index contributed by atoms with van der Waals surface area (Å²) in [6, 6.07) is 11.0. The van der Waals surface area contributed by atoms with Crippen LogP contribution in [0.2, 0.25) is 0 Å². The fourth-order valence-corrected chi connectivity index (χ4v) is 1.83. The zero-order chi connectivity index (χ0) is 12.8. The number of benzene rings is 1. The van der Waals surface area contributed by atoms with E-state index < -0.39 is 0 Å². The monoisotopic (exact) mass is 243 g/mol. The zero-order valence-corrected chi connectivity index (χ0v) is 11.1. The zero-order valence-electron chi connectivity index (χ0n) is 11.1. The van der Waals surface area contributed by atoms with Crippen molar-refractivity contribution < 1.29 is 0 Å². The first-order valence-electron chi connectivity index (χ1n) is 6.52. The predicted molar refractivity (Wildman–Crippen MR) is 74.3 cm³/mol. The van der Waals surface area contributed by atoms with Crippen LogP contribution in [0.3, 0.4) is 0 Å². The van der Waals surface area contributed by atoms with Gasteiger partial charge in [0, 0.05) is 30.9 Å². The number of nitrogens with zero attached hydrogens (tertiary/aromatic N) is 2. The standard InChI is InChI=1S/C15H21N3/c1-13(2)16-10-15-11-17-18(12-15)9-8-14-6-4-3-5-7-14/h3-7,11-13,16H,8-10H2,1-2H3. The van der Waals surface area contributed by atoms with Gasteiger partial charge in [-0.3, -0.25) is 4.68 Å². The van der Waals surface area contributed by atoms with E-state index in [0.717, 1.165) is 19.5 Å². The highest BCUT2D eigenvalue weighted by molar-refractivity contribution is 5.14. The third-order valence-corrected chi connectivity index (χ3v) is 2.87. The van der Waals surface area contributed by atoms with Crippen molar-refractivity contribution in [1.82, 2.24) is 15.1 Å². The van der Waals surface area contributed by atoms with Crippen molar-refractivity contribution >= 4 is 0 Å². The summed E-state index contributed by atoms with van der Waals surface area (Å²) in [5.41, 5.74) is 2.60. The summed E-state index contributed by atoms with van der Waals surface area (Å²) in [7, 11) is 0. The molecule has 18 heavy (non-hydrogen) atoms. The Bertz CT molecular complexity index is 460. The first-order chi connectivity index (χ1) is 8.74. The Hall–Kier alpha value is -1.61. The summed E-state index contributed by atoms with van der Waals surface area (Å²) < 4.78 is 2.02. The van der Waals surface area contributed by atoms with Crippen LogP contribution in [0.25, 0.3) is 0 Å². The highest BCUT2D eigenvalue weighted by Crippen LogP contribution is 2.03. The fraction of sp³-hybridized carbons (Fsp3) is 0.400. The van der Waals surface area contributed by atoms with Gasteiger partial charge in [0.15, 0.2) is 0 Å². The molecule has 0 spiro atoms. The molecule has 1 heterocycles. The molecule has 3 heteroatoms. The van der Waals surface area contributed by atoms with E-state index in [0.29, 0.717) is 6.04 Å². The van der Waals surface area contributed by atoms with Crippen molar-refractivity contribution in [3.63, 3.8) is 0 Å². The van der Waals surface area contributed by atoms with E-state index in [1.165, 1.54) is 11.1 Å². The molecule has 1 aromatic heterocycles. The van der Waals surface area contributed by atoms with Crippen molar-refractivity contribution in [2.24, 2.45) is 0 Å². The van der Waals surface area contributed by atoms with Gasteiger partial charge in [0.2, 0.25) is 0 Å². The molecule has 0 aliphatic heterocycles. The molecule has 0 aliphatic carbocycles. The van der Waals surface area contributed by atoms with E-state index in [2.05, 4.69) is 54.7 Å². The summed E-state index contributed by atoms with van der Waals surface area (Å²) in [4.78, 5) is 0. The predicted octanol–water partition coefficient (Wildman–Crippen LogP) is 2.62. The van der Waals surface area contributed by atoms with Crippen molar-refractivity contribution in [3.05, 3.63) is 53.9 Å². The van der Waals surface area contributed by atoms with Crippen LogP contribution in [0, 0.1) is 0 Å². The van der Waals surface area contributed by atoms with Gasteiger partial charge < -0.3 is 5.32 Å². The van der Waals surface area contributed by atoms with Crippen LogP contribution >= 0.6 is 0 Å². The summed E-state index contributed by atoms with van der Waals surface area (Å²) in [5, 5.41) is 7.78. The maximum Gasteiger partial charge on any atom is 0.0534 e. The minimum atomic E-state index is 0.512. The second kappa shape index (κ2) is 6.36. The Labute approximate surface area is 109 Å². The second-order valence-electron chi connectivity index (χ2n) is 4.88. The second-order valence-corrected chi connectivity index (χ2v) is 4.88. The first kappa shape index (κ1) is 12.8. The SMILES string of the molecule is CC(C)NCc1cnn(CCc2ccccc2)c1. The Balaban J connectivity index is 1.83. The number of hydrogen-bond acceptors (Lipinski definition) is 2. The number of rotatable bonds is 6. The van der Waals surface area contributed by atoms with Gasteiger partial charge in [-0.05, 0) is 12.0 Å². The highest BCUT2D eigenvalue weighted by Gasteiger charge is 2.00. The smallest absolute Gasteiger partial charge is 0.0534 e. The Kier molecular flexibility index (Phi) is 4.53. The summed E-state index contributed by atoms with van der Waals surface area (Å²) in [5.74, 6) is 0. The van der Waals surface area contributed by atoms with Crippen LogP contribution in [-0.4, -0.2) is 15.8 Å². The molecule has 0 atom stereocenters. The average Bonchev–Trinajstić information content (AvgIpc) is 2.83. The molecule has 3 nitrogen and oxygen atoms in total. The molecule has 1 aromatic carbocycles. The van der Waals surface area contributed by atoms with Crippen LogP contribution in [0.1, 0.15) is 25.0 Å². The van der Waals surface area contributed by atoms with Crippen molar-refractivity contribution in [1.29, 1.82) is 0 Å². The highest BCUT2D eigenvalue weighted by atomic mass is 15.3. The van der Waals surface area contributed by atoms with Gasteiger partial charge >= 0.3 is 0 Å². The Morgan fingerprint density at radius 1 is 1.17 bits per heavy atom. The Morgan fingerprint density at radius 2 is 1.94 bits per heavy atom. The van der Waals surface area contributed by atoms with E-state index >= 15 is 0 Å². The quantitative estimate of drug-likeness (QED) is 0.845. The molecule has 2 aromatic rings.